The summed E-state index contributed by atoms with van der Waals surface area (Å²) in [4.78, 5) is 8.71. The highest BCUT2D eigenvalue weighted by atomic mass is 32.2. The zero-order chi connectivity index (χ0) is 16.6. The molecule has 0 radical (unpaired) electrons. The fourth-order valence-corrected chi connectivity index (χ4v) is 3.17. The number of hydrogen-bond acceptors (Lipinski definition) is 6. The van der Waals surface area contributed by atoms with Crippen LogP contribution in [0.25, 0.3) is 0 Å². The molecule has 0 saturated carbocycles. The first-order valence-corrected chi connectivity index (χ1v) is 9.07. The van der Waals surface area contributed by atoms with Crippen LogP contribution in [0, 0.1) is 12.7 Å². The zero-order valence-electron chi connectivity index (χ0n) is 12.9. The predicted molar refractivity (Wildman–Crippen MR) is 85.0 cm³/mol. The number of nitrogens with zero attached hydrogens (tertiary/aromatic N) is 2. The molecule has 122 valence electrons. The fourth-order valence-electron chi connectivity index (χ4n) is 2.54. The molecule has 0 aliphatic carbocycles. The molecule has 1 aromatic heterocycles. The predicted octanol–water partition coefficient (Wildman–Crippen LogP) is 1.72. The number of hydrogen-bond donors (Lipinski definition) is 2. The van der Waals surface area contributed by atoms with Crippen molar-refractivity contribution in [2.24, 2.45) is 0 Å². The molecule has 2 heterocycles. The van der Waals surface area contributed by atoms with Gasteiger partial charge in [0.15, 0.2) is 9.84 Å². The van der Waals surface area contributed by atoms with Crippen molar-refractivity contribution >= 4 is 21.3 Å². The molecule has 1 aromatic carbocycles. The van der Waals surface area contributed by atoms with Gasteiger partial charge in [-0.15, -0.1) is 0 Å². The standard InChI is InChI=1S/C15H17FN4O2S/c1-9-18-14-8-17-6-5-11(14)15(19-9)20-13-4-3-10(7-12(13)16)23(2,21)22/h3-4,7,17H,5-6,8H2,1-2H3,(H,18,19,20). The first-order chi connectivity index (χ1) is 10.8. The van der Waals surface area contributed by atoms with Crippen LogP contribution in [-0.4, -0.2) is 31.2 Å². The summed E-state index contributed by atoms with van der Waals surface area (Å²) in [6, 6.07) is 3.80. The topological polar surface area (TPSA) is 84.0 Å². The van der Waals surface area contributed by atoms with Crippen LogP contribution in [0.2, 0.25) is 0 Å². The molecule has 23 heavy (non-hydrogen) atoms. The molecule has 0 saturated heterocycles. The number of fused-ring (bicyclic) bond motifs is 1. The van der Waals surface area contributed by atoms with Crippen LogP contribution < -0.4 is 10.6 Å². The average molecular weight is 336 g/mol. The molecule has 1 aliphatic heterocycles. The number of halogens is 1. The van der Waals surface area contributed by atoms with Gasteiger partial charge in [0.25, 0.3) is 0 Å². The van der Waals surface area contributed by atoms with E-state index in [1.165, 1.54) is 12.1 Å². The molecule has 2 aromatic rings. The lowest BCUT2D eigenvalue weighted by Gasteiger charge is -2.20. The smallest absolute Gasteiger partial charge is 0.175 e. The van der Waals surface area contributed by atoms with Crippen LogP contribution in [0.1, 0.15) is 17.1 Å². The number of aromatic nitrogens is 2. The monoisotopic (exact) mass is 336 g/mol. The van der Waals surface area contributed by atoms with Crippen molar-refractivity contribution in [2.45, 2.75) is 24.8 Å². The van der Waals surface area contributed by atoms with Crippen LogP contribution in [0.15, 0.2) is 23.1 Å². The van der Waals surface area contributed by atoms with Crippen LogP contribution in [0.5, 0.6) is 0 Å². The van der Waals surface area contributed by atoms with Gasteiger partial charge in [-0.3, -0.25) is 0 Å². The van der Waals surface area contributed by atoms with Crippen molar-refractivity contribution in [1.82, 2.24) is 15.3 Å². The molecular formula is C15H17FN4O2S. The highest BCUT2D eigenvalue weighted by molar-refractivity contribution is 7.90. The molecule has 0 amide bonds. The first kappa shape index (κ1) is 15.8. The SMILES string of the molecule is Cc1nc2c(c(Nc3ccc(S(C)(=O)=O)cc3F)n1)CCNC2. The number of nitrogens with one attached hydrogen (secondary N) is 2. The zero-order valence-corrected chi connectivity index (χ0v) is 13.7. The van der Waals surface area contributed by atoms with Crippen LogP contribution in [-0.2, 0) is 22.8 Å². The Morgan fingerprint density at radius 2 is 2.09 bits per heavy atom. The Labute approximate surface area is 134 Å². The molecule has 0 fully saturated rings. The molecule has 0 bridgehead atoms. The fraction of sp³-hybridized carbons (Fsp3) is 0.333. The molecule has 2 N–H and O–H groups in total. The van der Waals surface area contributed by atoms with E-state index in [9.17, 15) is 12.8 Å². The van der Waals surface area contributed by atoms with E-state index in [-0.39, 0.29) is 10.6 Å². The van der Waals surface area contributed by atoms with Gasteiger partial charge in [0.05, 0.1) is 16.3 Å². The molecule has 0 unspecified atom stereocenters. The third-order valence-electron chi connectivity index (χ3n) is 3.67. The van der Waals surface area contributed by atoms with E-state index >= 15 is 0 Å². The minimum atomic E-state index is -3.44. The van der Waals surface area contributed by atoms with Crippen molar-refractivity contribution in [2.75, 3.05) is 18.1 Å². The molecule has 0 spiro atoms. The van der Waals surface area contributed by atoms with E-state index in [2.05, 4.69) is 20.6 Å². The van der Waals surface area contributed by atoms with Crippen molar-refractivity contribution in [3.05, 3.63) is 41.1 Å². The largest absolute Gasteiger partial charge is 0.337 e. The Hall–Kier alpha value is -2.06. The average Bonchev–Trinajstić information content (AvgIpc) is 2.48. The van der Waals surface area contributed by atoms with Crippen molar-refractivity contribution in [3.8, 4) is 0 Å². The number of aryl methyl sites for hydroxylation is 1. The van der Waals surface area contributed by atoms with Crippen molar-refractivity contribution in [1.29, 1.82) is 0 Å². The van der Waals surface area contributed by atoms with Gasteiger partial charge in [-0.25, -0.2) is 22.8 Å². The Bertz CT molecular complexity index is 868. The number of benzene rings is 1. The maximum atomic E-state index is 14.2. The third kappa shape index (κ3) is 3.32. The van der Waals surface area contributed by atoms with Gasteiger partial charge in [-0.05, 0) is 38.1 Å². The third-order valence-corrected chi connectivity index (χ3v) is 4.78. The van der Waals surface area contributed by atoms with Crippen molar-refractivity contribution < 1.29 is 12.8 Å². The quantitative estimate of drug-likeness (QED) is 0.888. The summed E-state index contributed by atoms with van der Waals surface area (Å²) in [5.74, 6) is 0.537. The number of rotatable bonds is 3. The van der Waals surface area contributed by atoms with Gasteiger partial charge in [0.2, 0.25) is 0 Å². The summed E-state index contributed by atoms with van der Waals surface area (Å²) in [5.41, 5.74) is 2.05. The second kappa shape index (κ2) is 5.86. The summed E-state index contributed by atoms with van der Waals surface area (Å²) in [7, 11) is -3.44. The Morgan fingerprint density at radius 3 is 2.78 bits per heavy atom. The summed E-state index contributed by atoms with van der Waals surface area (Å²) in [6.45, 7) is 3.25. The van der Waals surface area contributed by atoms with Crippen LogP contribution in [0.3, 0.4) is 0 Å². The van der Waals surface area contributed by atoms with Crippen LogP contribution in [0.4, 0.5) is 15.9 Å². The van der Waals surface area contributed by atoms with Gasteiger partial charge < -0.3 is 10.6 Å². The van der Waals surface area contributed by atoms with Crippen LogP contribution >= 0.6 is 0 Å². The summed E-state index contributed by atoms with van der Waals surface area (Å²) >= 11 is 0. The molecule has 0 atom stereocenters. The lowest BCUT2D eigenvalue weighted by molar-refractivity contribution is 0.596. The summed E-state index contributed by atoms with van der Waals surface area (Å²) in [6.07, 6.45) is 1.80. The van der Waals surface area contributed by atoms with Crippen molar-refractivity contribution in [3.63, 3.8) is 0 Å². The highest BCUT2D eigenvalue weighted by Crippen LogP contribution is 2.26. The van der Waals surface area contributed by atoms with E-state index in [0.717, 1.165) is 36.5 Å². The van der Waals surface area contributed by atoms with E-state index in [1.807, 2.05) is 0 Å². The maximum absolute atomic E-state index is 14.2. The van der Waals surface area contributed by atoms with Gasteiger partial charge in [0, 0.05) is 18.4 Å². The molecule has 6 nitrogen and oxygen atoms in total. The van der Waals surface area contributed by atoms with Gasteiger partial charge in [-0.1, -0.05) is 0 Å². The normalized spacial score (nSPS) is 14.4. The second-order valence-corrected chi connectivity index (χ2v) is 7.53. The van der Waals surface area contributed by atoms with E-state index in [1.54, 1.807) is 6.92 Å². The van der Waals surface area contributed by atoms with Gasteiger partial charge in [-0.2, -0.15) is 0 Å². The first-order valence-electron chi connectivity index (χ1n) is 7.18. The molecular weight excluding hydrogens is 319 g/mol. The Kier molecular flexibility index (Phi) is 4.03. The summed E-state index contributed by atoms with van der Waals surface area (Å²) in [5, 5.41) is 6.21. The summed E-state index contributed by atoms with van der Waals surface area (Å²) < 4.78 is 37.2. The molecule has 1 aliphatic rings. The molecule has 8 heteroatoms. The van der Waals surface area contributed by atoms with E-state index in [0.29, 0.717) is 18.2 Å². The molecule has 3 rings (SSSR count). The van der Waals surface area contributed by atoms with E-state index in [4.69, 9.17) is 0 Å². The minimum Gasteiger partial charge on any atom is -0.337 e. The Morgan fingerprint density at radius 1 is 1.30 bits per heavy atom. The lowest BCUT2D eigenvalue weighted by atomic mass is 10.1. The lowest BCUT2D eigenvalue weighted by Crippen LogP contribution is -2.26. The van der Waals surface area contributed by atoms with Gasteiger partial charge in [0.1, 0.15) is 17.5 Å². The second-order valence-electron chi connectivity index (χ2n) is 5.51. The highest BCUT2D eigenvalue weighted by Gasteiger charge is 2.18. The Balaban J connectivity index is 1.98. The van der Waals surface area contributed by atoms with Gasteiger partial charge >= 0.3 is 0 Å². The van der Waals surface area contributed by atoms with E-state index < -0.39 is 15.7 Å². The number of anilines is 2. The minimum absolute atomic E-state index is 0.0503. The maximum Gasteiger partial charge on any atom is 0.175 e. The number of sulfone groups is 1.